The Kier molecular flexibility index (Phi) is 6.88. The van der Waals surface area contributed by atoms with E-state index < -0.39 is 0 Å². The third-order valence-corrected chi connectivity index (χ3v) is 3.75. The summed E-state index contributed by atoms with van der Waals surface area (Å²) in [5.74, 6) is 0.917. The Bertz CT molecular complexity index is 336. The maximum atomic E-state index is 8.38. The summed E-state index contributed by atoms with van der Waals surface area (Å²) in [4.78, 5) is 0. The van der Waals surface area contributed by atoms with Crippen molar-refractivity contribution in [1.82, 2.24) is 10.2 Å². The summed E-state index contributed by atoms with van der Waals surface area (Å²) in [7, 11) is 1.66. The number of aromatic nitrogens is 2. The summed E-state index contributed by atoms with van der Waals surface area (Å²) in [5.41, 5.74) is 0. The Morgan fingerprint density at radius 3 is 3.19 bits per heavy atom. The van der Waals surface area contributed by atoms with Crippen molar-refractivity contribution in [3.63, 3.8) is 0 Å². The molecular weight excluding hydrogens is 244 g/mol. The molecule has 1 aromatic rings. The Morgan fingerprint density at radius 2 is 2.44 bits per heavy atom. The van der Waals surface area contributed by atoms with Crippen LogP contribution < -0.4 is 5.32 Å². The molecule has 0 atom stereocenters. The van der Waals surface area contributed by atoms with Gasteiger partial charge in [-0.2, -0.15) is 5.26 Å². The van der Waals surface area contributed by atoms with Crippen LogP contribution >= 0.6 is 23.1 Å². The van der Waals surface area contributed by atoms with Gasteiger partial charge in [0, 0.05) is 25.8 Å². The van der Waals surface area contributed by atoms with Crippen LogP contribution in [0.2, 0.25) is 0 Å². The van der Waals surface area contributed by atoms with Crippen LogP contribution in [0.5, 0.6) is 0 Å². The molecule has 1 heterocycles. The van der Waals surface area contributed by atoms with Crippen LogP contribution in [0.15, 0.2) is 4.34 Å². The van der Waals surface area contributed by atoms with Crippen molar-refractivity contribution >= 4 is 28.2 Å². The largest absolute Gasteiger partial charge is 0.383 e. The Hall–Kier alpha value is -0.840. The number of rotatable bonds is 8. The fraction of sp³-hybridized carbons (Fsp3) is 0.667. The van der Waals surface area contributed by atoms with E-state index in [0.717, 1.165) is 28.2 Å². The lowest BCUT2D eigenvalue weighted by Crippen LogP contribution is -2.06. The molecule has 0 aliphatic rings. The van der Waals surface area contributed by atoms with Gasteiger partial charge in [0.15, 0.2) is 4.34 Å². The van der Waals surface area contributed by atoms with Gasteiger partial charge in [-0.05, 0) is 6.42 Å². The molecule has 0 aromatic carbocycles. The van der Waals surface area contributed by atoms with E-state index in [2.05, 4.69) is 21.6 Å². The van der Waals surface area contributed by atoms with Crippen LogP contribution in [0, 0.1) is 11.3 Å². The number of nitriles is 1. The van der Waals surface area contributed by atoms with Gasteiger partial charge in [0.1, 0.15) is 0 Å². The van der Waals surface area contributed by atoms with Gasteiger partial charge in [-0.25, -0.2) is 0 Å². The molecule has 88 valence electrons. The molecule has 1 aromatic heterocycles. The van der Waals surface area contributed by atoms with E-state index in [1.807, 2.05) is 0 Å². The quantitative estimate of drug-likeness (QED) is 0.568. The molecule has 0 aliphatic carbocycles. The third kappa shape index (κ3) is 5.30. The van der Waals surface area contributed by atoms with Crippen LogP contribution in [0.1, 0.15) is 12.8 Å². The number of ether oxygens (including phenoxy) is 1. The first-order valence-electron chi connectivity index (χ1n) is 4.93. The minimum absolute atomic E-state index is 0.602. The number of nitrogens with one attached hydrogen (secondary N) is 1. The number of methoxy groups -OCH3 is 1. The number of unbranched alkanes of at least 4 members (excludes halogenated alkanes) is 1. The van der Waals surface area contributed by atoms with Crippen molar-refractivity contribution in [3.8, 4) is 6.07 Å². The summed E-state index contributed by atoms with van der Waals surface area (Å²) in [6.45, 7) is 1.40. The van der Waals surface area contributed by atoms with E-state index >= 15 is 0 Å². The van der Waals surface area contributed by atoms with E-state index in [9.17, 15) is 0 Å². The maximum absolute atomic E-state index is 8.38. The topological polar surface area (TPSA) is 70.8 Å². The van der Waals surface area contributed by atoms with E-state index in [0.29, 0.717) is 13.0 Å². The number of hydrogen-bond acceptors (Lipinski definition) is 7. The predicted octanol–water partition coefficient (Wildman–Crippen LogP) is 1.99. The van der Waals surface area contributed by atoms with Gasteiger partial charge in [0.05, 0.1) is 12.7 Å². The van der Waals surface area contributed by atoms with E-state index in [4.69, 9.17) is 10.00 Å². The Balaban J connectivity index is 2.20. The van der Waals surface area contributed by atoms with Gasteiger partial charge in [-0.3, -0.25) is 0 Å². The molecule has 0 aliphatic heterocycles. The average molecular weight is 258 g/mol. The number of nitrogens with zero attached hydrogens (tertiary/aromatic N) is 3. The predicted molar refractivity (Wildman–Crippen MR) is 65.8 cm³/mol. The van der Waals surface area contributed by atoms with E-state index in [1.165, 1.54) is 11.3 Å². The van der Waals surface area contributed by atoms with Crippen molar-refractivity contribution in [2.45, 2.75) is 17.2 Å². The van der Waals surface area contributed by atoms with Crippen molar-refractivity contribution < 1.29 is 4.74 Å². The summed E-state index contributed by atoms with van der Waals surface area (Å²) >= 11 is 3.18. The molecule has 0 radical (unpaired) electrons. The van der Waals surface area contributed by atoms with E-state index in [-0.39, 0.29) is 0 Å². The van der Waals surface area contributed by atoms with Gasteiger partial charge >= 0.3 is 0 Å². The fourth-order valence-corrected chi connectivity index (χ4v) is 2.70. The Labute approximate surface area is 103 Å². The highest BCUT2D eigenvalue weighted by Crippen LogP contribution is 2.25. The smallest absolute Gasteiger partial charge is 0.206 e. The summed E-state index contributed by atoms with van der Waals surface area (Å²) in [5, 5.41) is 20.4. The van der Waals surface area contributed by atoms with Crippen molar-refractivity contribution in [1.29, 1.82) is 5.26 Å². The van der Waals surface area contributed by atoms with Gasteiger partial charge in [0.25, 0.3) is 0 Å². The summed E-state index contributed by atoms with van der Waals surface area (Å²) < 4.78 is 5.86. The molecule has 0 spiro atoms. The molecule has 0 amide bonds. The van der Waals surface area contributed by atoms with Crippen LogP contribution in [0.4, 0.5) is 5.13 Å². The molecule has 1 rings (SSSR count). The van der Waals surface area contributed by atoms with Crippen LogP contribution in [0.3, 0.4) is 0 Å². The van der Waals surface area contributed by atoms with Gasteiger partial charge < -0.3 is 10.1 Å². The molecule has 0 saturated carbocycles. The normalized spacial score (nSPS) is 10.0. The average Bonchev–Trinajstić information content (AvgIpc) is 2.73. The maximum Gasteiger partial charge on any atom is 0.206 e. The molecule has 16 heavy (non-hydrogen) atoms. The lowest BCUT2D eigenvalue weighted by atomic mass is 10.4. The molecule has 7 heteroatoms. The molecule has 0 saturated heterocycles. The molecule has 0 unspecified atom stereocenters. The fourth-order valence-electron chi connectivity index (χ4n) is 0.910. The standard InChI is InChI=1S/C9H14N4OS2/c1-14-6-5-11-8-12-13-9(16-8)15-7-3-2-4-10/h2-3,5-7H2,1H3,(H,11,12). The zero-order valence-corrected chi connectivity index (χ0v) is 10.7. The second-order valence-electron chi connectivity index (χ2n) is 2.90. The molecule has 5 nitrogen and oxygen atoms in total. The molecule has 0 bridgehead atoms. The number of hydrogen-bond donors (Lipinski definition) is 1. The van der Waals surface area contributed by atoms with Crippen molar-refractivity contribution in [2.75, 3.05) is 31.3 Å². The Morgan fingerprint density at radius 1 is 1.56 bits per heavy atom. The summed E-state index contributed by atoms with van der Waals surface area (Å²) in [6.07, 6.45) is 1.50. The van der Waals surface area contributed by atoms with Crippen molar-refractivity contribution in [3.05, 3.63) is 0 Å². The zero-order valence-electron chi connectivity index (χ0n) is 9.10. The highest BCUT2D eigenvalue weighted by Gasteiger charge is 2.03. The number of anilines is 1. The highest BCUT2D eigenvalue weighted by atomic mass is 32.2. The SMILES string of the molecule is COCCNc1nnc(SCCCC#N)s1. The third-order valence-electron chi connectivity index (χ3n) is 1.65. The zero-order chi connectivity index (χ0) is 11.6. The first-order valence-corrected chi connectivity index (χ1v) is 6.73. The second-order valence-corrected chi connectivity index (χ2v) is 5.22. The van der Waals surface area contributed by atoms with Crippen molar-refractivity contribution in [2.24, 2.45) is 0 Å². The second kappa shape index (κ2) is 8.33. The van der Waals surface area contributed by atoms with Crippen LogP contribution in [-0.2, 0) is 4.74 Å². The molecule has 1 N–H and O–H groups in total. The van der Waals surface area contributed by atoms with Gasteiger partial charge in [0.2, 0.25) is 5.13 Å². The van der Waals surface area contributed by atoms with Crippen LogP contribution in [-0.4, -0.2) is 36.2 Å². The molecular formula is C9H14N4OS2. The van der Waals surface area contributed by atoms with Gasteiger partial charge in [-0.15, -0.1) is 10.2 Å². The van der Waals surface area contributed by atoms with E-state index in [1.54, 1.807) is 18.9 Å². The lowest BCUT2D eigenvalue weighted by molar-refractivity contribution is 0.211. The summed E-state index contributed by atoms with van der Waals surface area (Å²) in [6, 6.07) is 2.12. The number of thioether (sulfide) groups is 1. The highest BCUT2D eigenvalue weighted by molar-refractivity contribution is 8.01. The molecule has 0 fully saturated rings. The lowest BCUT2D eigenvalue weighted by Gasteiger charge is -1.98. The minimum atomic E-state index is 0.602. The minimum Gasteiger partial charge on any atom is -0.383 e. The van der Waals surface area contributed by atoms with Gasteiger partial charge in [-0.1, -0.05) is 23.1 Å². The monoisotopic (exact) mass is 258 g/mol. The first kappa shape index (κ1) is 13.2. The van der Waals surface area contributed by atoms with Crippen LogP contribution in [0.25, 0.3) is 0 Å². The first-order chi connectivity index (χ1) is 7.86.